The Morgan fingerprint density at radius 1 is 0.692 bits per heavy atom. The second kappa shape index (κ2) is 17.6. The average Bonchev–Trinajstić information content (AvgIpc) is 2.62. The largest absolute Gasteiger partial charge is 0.207 e. The van der Waals surface area contributed by atoms with Crippen LogP contribution in [-0.4, -0.2) is 0 Å². The maximum atomic E-state index is 13.9. The summed E-state index contributed by atoms with van der Waals surface area (Å²) < 4.78 is 13.9. The van der Waals surface area contributed by atoms with E-state index in [-0.39, 0.29) is 5.82 Å². The third-order valence-electron chi connectivity index (χ3n) is 5.10. The molecule has 0 aliphatic carbocycles. The van der Waals surface area contributed by atoms with E-state index in [1.807, 2.05) is 19.1 Å². The van der Waals surface area contributed by atoms with Gasteiger partial charge < -0.3 is 0 Å². The number of halogens is 1. The van der Waals surface area contributed by atoms with Crippen LogP contribution in [0.15, 0.2) is 18.2 Å². The van der Waals surface area contributed by atoms with Crippen molar-refractivity contribution in [1.29, 1.82) is 0 Å². The number of aryl methyl sites for hydroxylation is 1. The van der Waals surface area contributed by atoms with Gasteiger partial charge in [-0.05, 0) is 42.9 Å². The van der Waals surface area contributed by atoms with Crippen molar-refractivity contribution in [2.45, 2.75) is 124 Å². The van der Waals surface area contributed by atoms with Gasteiger partial charge in [-0.3, -0.25) is 0 Å². The molecule has 0 nitrogen and oxygen atoms in total. The van der Waals surface area contributed by atoms with Gasteiger partial charge in [0.1, 0.15) is 5.82 Å². The first-order chi connectivity index (χ1) is 12.6. The maximum Gasteiger partial charge on any atom is 0.126 e. The van der Waals surface area contributed by atoms with Crippen LogP contribution in [0.25, 0.3) is 0 Å². The highest BCUT2D eigenvalue weighted by molar-refractivity contribution is 5.26. The maximum absolute atomic E-state index is 13.9. The summed E-state index contributed by atoms with van der Waals surface area (Å²) in [6.45, 7) is 10.9. The van der Waals surface area contributed by atoms with Crippen LogP contribution in [0, 0.1) is 12.7 Å². The van der Waals surface area contributed by atoms with E-state index in [9.17, 15) is 4.39 Å². The van der Waals surface area contributed by atoms with Crippen LogP contribution in [0.3, 0.4) is 0 Å². The van der Waals surface area contributed by atoms with Crippen molar-refractivity contribution in [2.75, 3.05) is 0 Å². The summed E-state index contributed by atoms with van der Waals surface area (Å²) in [5, 5.41) is 0. The summed E-state index contributed by atoms with van der Waals surface area (Å²) >= 11 is 0. The van der Waals surface area contributed by atoms with E-state index in [2.05, 4.69) is 27.7 Å². The quantitative estimate of drug-likeness (QED) is 0.306. The Balaban J connectivity index is 0.000000590. The lowest BCUT2D eigenvalue weighted by Gasteiger charge is -2.17. The van der Waals surface area contributed by atoms with Crippen molar-refractivity contribution < 1.29 is 4.39 Å². The second-order valence-corrected chi connectivity index (χ2v) is 7.77. The lowest BCUT2D eigenvalue weighted by Crippen LogP contribution is -2.02. The fourth-order valence-corrected chi connectivity index (χ4v) is 3.44. The molecule has 0 spiro atoms. The molecule has 26 heavy (non-hydrogen) atoms. The average molecular weight is 365 g/mol. The molecule has 0 heterocycles. The van der Waals surface area contributed by atoms with Crippen LogP contribution in [0.2, 0.25) is 0 Å². The third kappa shape index (κ3) is 12.5. The summed E-state index contributed by atoms with van der Waals surface area (Å²) in [5.41, 5.74) is 1.93. The zero-order chi connectivity index (χ0) is 19.6. The van der Waals surface area contributed by atoms with Gasteiger partial charge in [0.25, 0.3) is 0 Å². The van der Waals surface area contributed by atoms with E-state index in [0.717, 1.165) is 30.4 Å². The predicted octanol–water partition coefficient (Wildman–Crippen LogP) is 9.36. The van der Waals surface area contributed by atoms with Gasteiger partial charge in [-0.25, -0.2) is 4.39 Å². The van der Waals surface area contributed by atoms with Crippen molar-refractivity contribution in [3.63, 3.8) is 0 Å². The summed E-state index contributed by atoms with van der Waals surface area (Å²) in [6.07, 6.45) is 17.0. The molecule has 1 unspecified atom stereocenters. The van der Waals surface area contributed by atoms with E-state index in [1.165, 1.54) is 64.2 Å². The van der Waals surface area contributed by atoms with E-state index in [0.29, 0.717) is 5.92 Å². The van der Waals surface area contributed by atoms with Gasteiger partial charge in [0, 0.05) is 0 Å². The first-order valence-corrected chi connectivity index (χ1v) is 11.4. The highest BCUT2D eigenvalue weighted by atomic mass is 19.1. The molecule has 0 radical (unpaired) electrons. The molecule has 0 N–H and O–H groups in total. The van der Waals surface area contributed by atoms with E-state index < -0.39 is 0 Å². The minimum absolute atomic E-state index is 0.0139. The van der Waals surface area contributed by atoms with Crippen molar-refractivity contribution in [3.8, 4) is 0 Å². The van der Waals surface area contributed by atoms with Crippen molar-refractivity contribution in [1.82, 2.24) is 0 Å². The van der Waals surface area contributed by atoms with Crippen molar-refractivity contribution >= 4 is 0 Å². The van der Waals surface area contributed by atoms with Crippen LogP contribution in [0.1, 0.15) is 128 Å². The van der Waals surface area contributed by atoms with Gasteiger partial charge in [-0.1, -0.05) is 110 Å². The van der Waals surface area contributed by atoms with Crippen molar-refractivity contribution in [3.05, 3.63) is 35.1 Å². The second-order valence-electron chi connectivity index (χ2n) is 7.77. The van der Waals surface area contributed by atoms with E-state index in [1.54, 1.807) is 6.07 Å². The molecule has 1 aromatic carbocycles. The molecule has 0 aliphatic heterocycles. The van der Waals surface area contributed by atoms with Gasteiger partial charge >= 0.3 is 0 Å². The Labute approximate surface area is 164 Å². The SMILES string of the molecule is CCCCCC(CCC)c1ccc(C)cc1F.CCCCCCCCC. The summed E-state index contributed by atoms with van der Waals surface area (Å²) in [6, 6.07) is 5.68. The predicted molar refractivity (Wildman–Crippen MR) is 117 cm³/mol. The first-order valence-electron chi connectivity index (χ1n) is 11.4. The van der Waals surface area contributed by atoms with E-state index >= 15 is 0 Å². The zero-order valence-electron chi connectivity index (χ0n) is 18.4. The lowest BCUT2D eigenvalue weighted by atomic mass is 9.88. The molecule has 0 saturated heterocycles. The lowest BCUT2D eigenvalue weighted by molar-refractivity contribution is 0.500. The zero-order valence-corrected chi connectivity index (χ0v) is 18.4. The van der Waals surface area contributed by atoms with Crippen molar-refractivity contribution in [2.24, 2.45) is 0 Å². The monoisotopic (exact) mass is 364 g/mol. The molecule has 152 valence electrons. The number of hydrogen-bond acceptors (Lipinski definition) is 0. The molecule has 1 aromatic rings. The highest BCUT2D eigenvalue weighted by Crippen LogP contribution is 2.29. The van der Waals surface area contributed by atoms with Crippen LogP contribution in [-0.2, 0) is 0 Å². The van der Waals surface area contributed by atoms with Gasteiger partial charge in [0.2, 0.25) is 0 Å². The summed E-state index contributed by atoms with van der Waals surface area (Å²) in [7, 11) is 0. The minimum atomic E-state index is -0.0139. The molecular formula is C25H45F. The third-order valence-corrected chi connectivity index (χ3v) is 5.10. The standard InChI is InChI=1S/C16H25F.C9H20/c1-4-6-7-9-14(8-5-2)15-11-10-13(3)12-16(15)17;1-3-5-7-9-8-6-4-2/h10-12,14H,4-9H2,1-3H3;3-9H2,1-2H3. The molecule has 1 atom stereocenters. The number of unbranched alkanes of at least 4 members (excludes halogenated alkanes) is 8. The Morgan fingerprint density at radius 2 is 1.23 bits per heavy atom. The smallest absolute Gasteiger partial charge is 0.126 e. The van der Waals surface area contributed by atoms with Crippen LogP contribution >= 0.6 is 0 Å². The van der Waals surface area contributed by atoms with Crippen LogP contribution in [0.4, 0.5) is 4.39 Å². The topological polar surface area (TPSA) is 0 Å². The highest BCUT2D eigenvalue weighted by Gasteiger charge is 2.14. The van der Waals surface area contributed by atoms with Crippen LogP contribution < -0.4 is 0 Å². The molecule has 0 aromatic heterocycles. The first kappa shape index (κ1) is 25.1. The fourth-order valence-electron chi connectivity index (χ4n) is 3.44. The molecule has 1 rings (SSSR count). The van der Waals surface area contributed by atoms with Gasteiger partial charge in [0.05, 0.1) is 0 Å². The molecule has 0 aliphatic rings. The Morgan fingerprint density at radius 3 is 1.73 bits per heavy atom. The number of hydrogen-bond donors (Lipinski definition) is 0. The molecule has 0 amide bonds. The molecule has 0 bridgehead atoms. The molecular weight excluding hydrogens is 319 g/mol. The van der Waals surface area contributed by atoms with Gasteiger partial charge in [0.15, 0.2) is 0 Å². The number of benzene rings is 1. The Bertz CT molecular complexity index is 418. The molecule has 0 fully saturated rings. The molecule has 1 heteroatoms. The van der Waals surface area contributed by atoms with Crippen LogP contribution in [0.5, 0.6) is 0 Å². The van der Waals surface area contributed by atoms with Gasteiger partial charge in [-0.2, -0.15) is 0 Å². The number of rotatable bonds is 13. The van der Waals surface area contributed by atoms with Gasteiger partial charge in [-0.15, -0.1) is 0 Å². The Hall–Kier alpha value is -0.850. The summed E-state index contributed by atoms with van der Waals surface area (Å²) in [4.78, 5) is 0. The molecule has 0 saturated carbocycles. The fraction of sp³-hybridized carbons (Fsp3) is 0.760. The normalized spacial score (nSPS) is 11.8. The van der Waals surface area contributed by atoms with E-state index in [4.69, 9.17) is 0 Å². The Kier molecular flexibility index (Phi) is 17.0. The minimum Gasteiger partial charge on any atom is -0.207 e. The summed E-state index contributed by atoms with van der Waals surface area (Å²) in [5.74, 6) is 0.395.